The van der Waals surface area contributed by atoms with Crippen LogP contribution in [0.4, 0.5) is 5.69 Å². The quantitative estimate of drug-likeness (QED) is 0.217. The zero-order chi connectivity index (χ0) is 36.6. The topological polar surface area (TPSA) is 92.3 Å². The number of likely N-dealkylation sites (tertiary alicyclic amines) is 1. The summed E-state index contributed by atoms with van der Waals surface area (Å²) in [7, 11) is -3.94. The Morgan fingerprint density at radius 1 is 0.843 bits per heavy atom. The van der Waals surface area contributed by atoms with Gasteiger partial charge in [0.15, 0.2) is 4.90 Å². The highest BCUT2D eigenvalue weighted by Gasteiger charge is 2.34. The number of rotatable bonds is 10. The number of aromatic nitrogens is 1. The zero-order valence-electron chi connectivity index (χ0n) is 31.9. The van der Waals surface area contributed by atoms with Crippen LogP contribution in [-0.4, -0.2) is 115 Å². The predicted molar refractivity (Wildman–Crippen MR) is 208 cm³/mol. The van der Waals surface area contributed by atoms with Crippen molar-refractivity contribution < 1.29 is 17.7 Å². The van der Waals surface area contributed by atoms with Crippen LogP contribution in [0.3, 0.4) is 0 Å². The van der Waals surface area contributed by atoms with E-state index in [1.54, 1.807) is 30.5 Å². The van der Waals surface area contributed by atoms with Crippen molar-refractivity contribution in [3.8, 4) is 5.75 Å². The van der Waals surface area contributed by atoms with Gasteiger partial charge in [-0.05, 0) is 119 Å². The molecule has 0 spiro atoms. The lowest BCUT2D eigenvalue weighted by atomic mass is 9.83. The number of hydrogen-bond acceptors (Lipinski definition) is 9. The second-order valence-electron chi connectivity index (χ2n) is 16.6. The molecule has 6 rings (SSSR count). The largest absolute Gasteiger partial charge is 0.612 e. The van der Waals surface area contributed by atoms with Gasteiger partial charge in [0, 0.05) is 69.0 Å². The normalized spacial score (nSPS) is 20.6. The molecular formula is C40H59N5O4S2. The molecule has 0 radical (unpaired) electrons. The lowest BCUT2D eigenvalue weighted by Crippen LogP contribution is -2.56. The summed E-state index contributed by atoms with van der Waals surface area (Å²) >= 11 is -1.22. The van der Waals surface area contributed by atoms with Gasteiger partial charge in [-0.25, -0.2) is 8.42 Å². The van der Waals surface area contributed by atoms with Crippen molar-refractivity contribution in [1.82, 2.24) is 19.7 Å². The second-order valence-corrected chi connectivity index (χ2v) is 19.9. The SMILES string of the molecule is CCN1CCC(N2CCN(C3CCN(c4c(S(=O)(=O)c5ccc(OC(C)(C)CC(C)(C)C)cc5)cnc5ccc([S+](C)[O-])cc45)CC3)CC2)CC1. The number of nitrogens with zero attached hydrogens (tertiary/aromatic N) is 5. The first-order chi connectivity index (χ1) is 24.1. The van der Waals surface area contributed by atoms with Crippen molar-refractivity contribution in [2.75, 3.05) is 70.1 Å². The summed E-state index contributed by atoms with van der Waals surface area (Å²) in [6.07, 6.45) is 8.50. The number of hydrogen-bond donors (Lipinski definition) is 0. The Labute approximate surface area is 309 Å². The number of ether oxygens (including phenoxy) is 1. The highest BCUT2D eigenvalue weighted by molar-refractivity contribution is 7.91. The molecule has 9 nitrogen and oxygen atoms in total. The van der Waals surface area contributed by atoms with Crippen LogP contribution in [0.5, 0.6) is 5.75 Å². The molecule has 3 aromatic rings. The van der Waals surface area contributed by atoms with Gasteiger partial charge in [-0.2, -0.15) is 0 Å². The third-order valence-corrected chi connectivity index (χ3v) is 13.7. The lowest BCUT2D eigenvalue weighted by Gasteiger charge is -2.46. The molecule has 0 amide bonds. The van der Waals surface area contributed by atoms with Crippen LogP contribution in [0.25, 0.3) is 10.9 Å². The fourth-order valence-corrected chi connectivity index (χ4v) is 10.8. The van der Waals surface area contributed by atoms with Crippen molar-refractivity contribution in [2.24, 2.45) is 5.41 Å². The van der Waals surface area contributed by atoms with Gasteiger partial charge in [-0.15, -0.1) is 0 Å². The molecule has 4 heterocycles. The summed E-state index contributed by atoms with van der Waals surface area (Å²) in [6, 6.07) is 13.5. The molecule has 0 bridgehead atoms. The summed E-state index contributed by atoms with van der Waals surface area (Å²) in [4.78, 5) is 15.9. The van der Waals surface area contributed by atoms with Gasteiger partial charge in [-0.1, -0.05) is 27.7 Å². The number of anilines is 1. The van der Waals surface area contributed by atoms with Crippen LogP contribution in [-0.2, 0) is 21.0 Å². The fraction of sp³-hybridized carbons (Fsp3) is 0.625. The molecule has 1 unspecified atom stereocenters. The summed E-state index contributed by atoms with van der Waals surface area (Å²) in [6.45, 7) is 22.5. The van der Waals surface area contributed by atoms with E-state index in [4.69, 9.17) is 4.74 Å². The monoisotopic (exact) mass is 737 g/mol. The minimum Gasteiger partial charge on any atom is -0.612 e. The van der Waals surface area contributed by atoms with E-state index in [9.17, 15) is 13.0 Å². The summed E-state index contributed by atoms with van der Waals surface area (Å²) in [5.74, 6) is 0.639. The van der Waals surface area contributed by atoms with E-state index in [-0.39, 0.29) is 15.2 Å². The first-order valence-corrected chi connectivity index (χ1v) is 21.9. The van der Waals surface area contributed by atoms with Crippen LogP contribution < -0.4 is 9.64 Å². The molecule has 3 fully saturated rings. The van der Waals surface area contributed by atoms with Crippen molar-refractivity contribution >= 4 is 37.6 Å². The van der Waals surface area contributed by atoms with E-state index in [1.165, 1.54) is 32.1 Å². The molecule has 3 saturated heterocycles. The minimum absolute atomic E-state index is 0.0892. The average Bonchev–Trinajstić information content (AvgIpc) is 3.10. The van der Waals surface area contributed by atoms with E-state index >= 15 is 0 Å². The van der Waals surface area contributed by atoms with E-state index in [1.807, 2.05) is 18.2 Å². The minimum atomic E-state index is -3.94. The molecule has 51 heavy (non-hydrogen) atoms. The Morgan fingerprint density at radius 3 is 1.94 bits per heavy atom. The molecule has 0 N–H and O–H groups in total. The third kappa shape index (κ3) is 9.04. The molecule has 3 aliphatic rings. The van der Waals surface area contributed by atoms with Gasteiger partial charge in [0.25, 0.3) is 0 Å². The number of pyridine rings is 1. The van der Waals surface area contributed by atoms with Gasteiger partial charge >= 0.3 is 0 Å². The number of sulfone groups is 1. The Hall–Kier alpha value is -2.41. The Bertz CT molecular complexity index is 1730. The van der Waals surface area contributed by atoms with Crippen LogP contribution in [0, 0.1) is 5.41 Å². The van der Waals surface area contributed by atoms with E-state index in [0.29, 0.717) is 33.9 Å². The molecule has 1 aromatic heterocycles. The van der Waals surface area contributed by atoms with Gasteiger partial charge in [0.05, 0.1) is 16.1 Å². The smallest absolute Gasteiger partial charge is 0.210 e. The standard InChI is InChI=1S/C40H59N5O4S2/c1-8-42-19-15-30(16-20-42)43-23-25-44(26-24-43)31-17-21-45(22-18-31)38-35-27-33(50(7)46)11-14-36(35)41-28-37(38)51(47,48)34-12-9-32(10-13-34)49-40(5,6)29-39(2,3)4/h9-14,27-28,30-31H,8,15-26,29H2,1-7H3. The van der Waals surface area contributed by atoms with Crippen LogP contribution in [0.1, 0.15) is 73.6 Å². The number of piperidine rings is 2. The summed E-state index contributed by atoms with van der Waals surface area (Å²) in [5.41, 5.74) is 1.05. The van der Waals surface area contributed by atoms with Gasteiger partial charge < -0.3 is 19.1 Å². The number of benzene rings is 2. The lowest BCUT2D eigenvalue weighted by molar-refractivity contribution is 0.0384. The summed E-state index contributed by atoms with van der Waals surface area (Å²) < 4.78 is 47.8. The van der Waals surface area contributed by atoms with Crippen molar-refractivity contribution in [1.29, 1.82) is 0 Å². The molecule has 0 saturated carbocycles. The molecule has 1 atom stereocenters. The molecule has 2 aromatic carbocycles. The average molecular weight is 738 g/mol. The first kappa shape index (κ1) is 38.3. The maximum absolute atomic E-state index is 14.5. The van der Waals surface area contributed by atoms with E-state index in [0.717, 1.165) is 70.5 Å². The number of piperazine rings is 1. The van der Waals surface area contributed by atoms with Crippen LogP contribution in [0.2, 0.25) is 0 Å². The maximum Gasteiger partial charge on any atom is 0.210 e. The van der Waals surface area contributed by atoms with E-state index < -0.39 is 26.6 Å². The van der Waals surface area contributed by atoms with Crippen molar-refractivity contribution in [2.45, 2.75) is 106 Å². The molecule has 0 aliphatic carbocycles. The zero-order valence-corrected chi connectivity index (χ0v) is 33.5. The van der Waals surface area contributed by atoms with Crippen LogP contribution >= 0.6 is 0 Å². The molecular weight excluding hydrogens is 679 g/mol. The maximum atomic E-state index is 14.5. The first-order valence-electron chi connectivity index (χ1n) is 18.9. The number of fused-ring (bicyclic) bond motifs is 1. The predicted octanol–water partition coefficient (Wildman–Crippen LogP) is 6.47. The van der Waals surface area contributed by atoms with Crippen LogP contribution in [0.15, 0.2) is 63.3 Å². The third-order valence-electron chi connectivity index (χ3n) is 11.0. The van der Waals surface area contributed by atoms with Gasteiger partial charge in [0.1, 0.15) is 22.5 Å². The molecule has 280 valence electrons. The summed E-state index contributed by atoms with van der Waals surface area (Å²) in [5, 5.41) is 0.730. The van der Waals surface area contributed by atoms with Gasteiger partial charge in [-0.3, -0.25) is 14.8 Å². The highest BCUT2D eigenvalue weighted by atomic mass is 32.2. The highest BCUT2D eigenvalue weighted by Crippen LogP contribution is 2.39. The Kier molecular flexibility index (Phi) is 11.7. The van der Waals surface area contributed by atoms with Crippen molar-refractivity contribution in [3.63, 3.8) is 0 Å². The van der Waals surface area contributed by atoms with Crippen molar-refractivity contribution in [3.05, 3.63) is 48.7 Å². The Morgan fingerprint density at radius 2 is 1.41 bits per heavy atom. The molecule has 11 heteroatoms. The van der Waals surface area contributed by atoms with Gasteiger partial charge in [0.2, 0.25) is 9.84 Å². The Balaban J connectivity index is 1.21. The fourth-order valence-electron chi connectivity index (χ4n) is 8.81. The van der Waals surface area contributed by atoms with E-state index in [2.05, 4.69) is 66.1 Å². The molecule has 3 aliphatic heterocycles. The second kappa shape index (κ2) is 15.5.